The number of carbonyl (C=O) groups is 4. The van der Waals surface area contributed by atoms with Crippen molar-refractivity contribution in [1.29, 1.82) is 0 Å². The highest BCUT2D eigenvalue weighted by atomic mass is 32.2. The first-order valence-corrected chi connectivity index (χ1v) is 8.36. The first-order valence-electron chi connectivity index (χ1n) is 6.39. The van der Waals surface area contributed by atoms with Gasteiger partial charge in [-0.05, 0) is 0 Å². The third kappa shape index (κ3) is 6.07. The van der Waals surface area contributed by atoms with Gasteiger partial charge in [-0.2, -0.15) is 0 Å². The number of hydrogen-bond acceptors (Lipinski definition) is 8. The number of esters is 2. The molecule has 0 spiro atoms. The van der Waals surface area contributed by atoms with Crippen molar-refractivity contribution in [2.24, 2.45) is 0 Å². The standard InChI is InChI=1S/C14H16O6S2/c1-19-12(16)3-5-21-10-7-9(15)8-11(14(10)18)22-6-4-13(17)20-2/h7-8H,3-6H2,1-2H3. The fourth-order valence-electron chi connectivity index (χ4n) is 1.46. The lowest BCUT2D eigenvalue weighted by molar-refractivity contribution is -0.140. The van der Waals surface area contributed by atoms with Gasteiger partial charge < -0.3 is 9.47 Å². The monoisotopic (exact) mass is 344 g/mol. The number of ether oxygens (including phenoxy) is 2. The molecule has 6 nitrogen and oxygen atoms in total. The van der Waals surface area contributed by atoms with Gasteiger partial charge in [-0.1, -0.05) is 0 Å². The number of allylic oxidation sites excluding steroid dienone is 4. The predicted octanol–water partition coefficient (Wildman–Crippen LogP) is 1.50. The van der Waals surface area contributed by atoms with Crippen LogP contribution in [0.1, 0.15) is 12.8 Å². The van der Waals surface area contributed by atoms with Gasteiger partial charge in [0.15, 0.2) is 5.78 Å². The summed E-state index contributed by atoms with van der Waals surface area (Å²) >= 11 is 2.29. The normalized spacial score (nSPS) is 14.3. The topological polar surface area (TPSA) is 86.7 Å². The molecule has 120 valence electrons. The minimum Gasteiger partial charge on any atom is -0.469 e. The molecule has 0 saturated heterocycles. The quantitative estimate of drug-likeness (QED) is 0.484. The van der Waals surface area contributed by atoms with Crippen molar-refractivity contribution in [2.75, 3.05) is 25.7 Å². The van der Waals surface area contributed by atoms with Gasteiger partial charge >= 0.3 is 11.9 Å². The average molecular weight is 344 g/mol. The molecule has 22 heavy (non-hydrogen) atoms. The van der Waals surface area contributed by atoms with Crippen molar-refractivity contribution in [3.05, 3.63) is 22.0 Å². The molecule has 0 unspecified atom stereocenters. The van der Waals surface area contributed by atoms with Crippen molar-refractivity contribution in [3.63, 3.8) is 0 Å². The minimum atomic E-state index is -0.370. The zero-order valence-corrected chi connectivity index (χ0v) is 13.9. The number of ketones is 2. The van der Waals surface area contributed by atoms with Crippen molar-refractivity contribution >= 4 is 47.0 Å². The molecule has 0 aromatic carbocycles. The molecule has 0 radical (unpaired) electrons. The van der Waals surface area contributed by atoms with E-state index in [-0.39, 0.29) is 36.3 Å². The summed E-state index contributed by atoms with van der Waals surface area (Å²) in [5.74, 6) is -0.559. The lowest BCUT2D eigenvalue weighted by Gasteiger charge is -2.12. The number of carbonyl (C=O) groups excluding carboxylic acids is 4. The van der Waals surface area contributed by atoms with E-state index >= 15 is 0 Å². The van der Waals surface area contributed by atoms with Crippen LogP contribution in [0.25, 0.3) is 0 Å². The summed E-state index contributed by atoms with van der Waals surface area (Å²) in [4.78, 5) is 46.5. The Hall–Kier alpha value is -1.54. The van der Waals surface area contributed by atoms with E-state index in [1.807, 2.05) is 0 Å². The summed E-state index contributed by atoms with van der Waals surface area (Å²) in [7, 11) is 2.58. The Labute approximate surface area is 136 Å². The lowest BCUT2D eigenvalue weighted by Crippen LogP contribution is -2.12. The van der Waals surface area contributed by atoms with Gasteiger partial charge in [0, 0.05) is 23.7 Å². The number of methoxy groups -OCH3 is 2. The molecule has 0 N–H and O–H groups in total. The summed E-state index contributed by atoms with van der Waals surface area (Å²) in [5.41, 5.74) is 0. The zero-order chi connectivity index (χ0) is 16.5. The average Bonchev–Trinajstić information content (AvgIpc) is 2.50. The maximum Gasteiger partial charge on any atom is 0.306 e. The lowest BCUT2D eigenvalue weighted by atomic mass is 10.2. The van der Waals surface area contributed by atoms with Crippen LogP contribution < -0.4 is 0 Å². The highest BCUT2D eigenvalue weighted by molar-refractivity contribution is 8.06. The number of thioether (sulfide) groups is 2. The van der Waals surface area contributed by atoms with E-state index in [4.69, 9.17) is 0 Å². The van der Waals surface area contributed by atoms with Crippen LogP contribution in [-0.4, -0.2) is 49.2 Å². The fraction of sp³-hybridized carbons (Fsp3) is 0.429. The summed E-state index contributed by atoms with van der Waals surface area (Å²) in [6.07, 6.45) is 2.84. The Morgan fingerprint density at radius 3 is 1.68 bits per heavy atom. The van der Waals surface area contributed by atoms with Crippen LogP contribution in [0.2, 0.25) is 0 Å². The molecule has 0 bridgehead atoms. The van der Waals surface area contributed by atoms with E-state index in [1.54, 1.807) is 0 Å². The maximum absolute atomic E-state index is 12.2. The van der Waals surface area contributed by atoms with Crippen molar-refractivity contribution in [1.82, 2.24) is 0 Å². The Bertz CT molecular complexity index is 491. The molecule has 0 atom stereocenters. The third-order valence-electron chi connectivity index (χ3n) is 2.58. The van der Waals surface area contributed by atoms with Crippen LogP contribution in [0.15, 0.2) is 22.0 Å². The molecule has 1 rings (SSSR count). The van der Waals surface area contributed by atoms with Crippen molar-refractivity contribution < 1.29 is 28.7 Å². The van der Waals surface area contributed by atoms with E-state index in [1.165, 1.54) is 26.4 Å². The minimum absolute atomic E-state index is 0.161. The predicted molar refractivity (Wildman–Crippen MR) is 84.4 cm³/mol. The Morgan fingerprint density at radius 1 is 0.909 bits per heavy atom. The smallest absolute Gasteiger partial charge is 0.306 e. The second kappa shape index (κ2) is 9.47. The summed E-state index contributed by atoms with van der Waals surface area (Å²) < 4.78 is 9.02. The molecule has 1 aliphatic carbocycles. The van der Waals surface area contributed by atoms with Gasteiger partial charge in [0.25, 0.3) is 0 Å². The van der Waals surface area contributed by atoms with Crippen LogP contribution in [-0.2, 0) is 28.7 Å². The van der Waals surface area contributed by atoms with E-state index in [0.717, 1.165) is 23.5 Å². The van der Waals surface area contributed by atoms with E-state index in [2.05, 4.69) is 9.47 Å². The van der Waals surface area contributed by atoms with E-state index in [0.29, 0.717) is 21.3 Å². The first-order chi connectivity index (χ1) is 10.5. The molecular formula is C14H16O6S2. The number of hydrogen-bond donors (Lipinski definition) is 0. The second-order valence-electron chi connectivity index (χ2n) is 4.10. The molecule has 1 aliphatic rings. The molecule has 0 amide bonds. The van der Waals surface area contributed by atoms with Crippen molar-refractivity contribution in [2.45, 2.75) is 12.8 Å². The van der Waals surface area contributed by atoms with Crippen LogP contribution in [0, 0.1) is 0 Å². The largest absolute Gasteiger partial charge is 0.469 e. The maximum atomic E-state index is 12.2. The summed E-state index contributed by atoms with van der Waals surface area (Å²) in [6, 6.07) is 0. The molecule has 0 aliphatic heterocycles. The molecule has 8 heteroatoms. The van der Waals surface area contributed by atoms with Gasteiger partial charge in [-0.15, -0.1) is 23.5 Å². The van der Waals surface area contributed by atoms with Gasteiger partial charge in [-0.3, -0.25) is 19.2 Å². The van der Waals surface area contributed by atoms with Gasteiger partial charge in [-0.25, -0.2) is 0 Å². The molecule has 0 saturated carbocycles. The summed E-state index contributed by atoms with van der Waals surface area (Å²) in [6.45, 7) is 0. The van der Waals surface area contributed by atoms with Crippen LogP contribution in [0.3, 0.4) is 0 Å². The SMILES string of the molecule is COC(=O)CCSC1=CC(=O)C=C(SCCC(=O)OC)C1=O. The number of rotatable bonds is 8. The fourth-order valence-corrected chi connectivity index (χ4v) is 3.38. The Morgan fingerprint density at radius 2 is 1.32 bits per heavy atom. The van der Waals surface area contributed by atoms with Crippen molar-refractivity contribution in [3.8, 4) is 0 Å². The Balaban J connectivity index is 2.53. The van der Waals surface area contributed by atoms with Gasteiger partial charge in [0.05, 0.1) is 36.9 Å². The highest BCUT2D eigenvalue weighted by Crippen LogP contribution is 2.30. The van der Waals surface area contributed by atoms with Gasteiger partial charge in [0.2, 0.25) is 5.78 Å². The van der Waals surface area contributed by atoms with Crippen LogP contribution >= 0.6 is 23.5 Å². The van der Waals surface area contributed by atoms with E-state index in [9.17, 15) is 19.2 Å². The van der Waals surface area contributed by atoms with Crippen LogP contribution in [0.5, 0.6) is 0 Å². The second-order valence-corrected chi connectivity index (χ2v) is 6.37. The van der Waals surface area contributed by atoms with Crippen LogP contribution in [0.4, 0.5) is 0 Å². The molecule has 0 aromatic heterocycles. The molecule has 0 heterocycles. The first kappa shape index (κ1) is 18.5. The number of Topliss-reactive ketones (excluding diaryl/α,β-unsaturated/α-hetero) is 1. The summed E-state index contributed by atoms with van der Waals surface area (Å²) in [5, 5.41) is 0. The molecule has 0 aromatic rings. The zero-order valence-electron chi connectivity index (χ0n) is 12.2. The molecular weight excluding hydrogens is 328 g/mol. The highest BCUT2D eigenvalue weighted by Gasteiger charge is 2.23. The van der Waals surface area contributed by atoms with Gasteiger partial charge in [0.1, 0.15) is 0 Å². The van der Waals surface area contributed by atoms with E-state index < -0.39 is 0 Å². The third-order valence-corrected chi connectivity index (χ3v) is 4.62. The Kier molecular flexibility index (Phi) is 7.97. The molecule has 0 fully saturated rings.